The van der Waals surface area contributed by atoms with Crippen LogP contribution >= 0.6 is 0 Å². The van der Waals surface area contributed by atoms with Gasteiger partial charge in [0.15, 0.2) is 0 Å². The molecule has 0 aliphatic rings. The number of likely N-dealkylation sites (N-methyl/N-ethyl adjacent to an activating group) is 1. The van der Waals surface area contributed by atoms with Gasteiger partial charge in [0.1, 0.15) is 0 Å². The number of nitrogens with zero attached hydrogens (tertiary/aromatic N) is 1. The topological polar surface area (TPSA) is 29.3 Å². The zero-order valence-corrected chi connectivity index (χ0v) is 11.0. The molecule has 14 heavy (non-hydrogen) atoms. The summed E-state index contributed by atoms with van der Waals surface area (Å²) in [5, 5.41) is 0. The van der Waals surface area contributed by atoms with Gasteiger partial charge in [0.05, 0.1) is 0 Å². The highest BCUT2D eigenvalue weighted by molar-refractivity contribution is 4.85. The fourth-order valence-electron chi connectivity index (χ4n) is 1.88. The molecule has 2 N–H and O–H groups in total. The third-order valence-corrected chi connectivity index (χ3v) is 3.32. The van der Waals surface area contributed by atoms with Crippen LogP contribution in [0.25, 0.3) is 0 Å². The predicted octanol–water partition coefficient (Wildman–Crippen LogP) is 2.34. The van der Waals surface area contributed by atoms with E-state index >= 15 is 0 Å². The zero-order chi connectivity index (χ0) is 11.5. The SMILES string of the molecule is CC(C)C(C)N(C)C(CN)C(C)(C)C. The largest absolute Gasteiger partial charge is 0.329 e. The Labute approximate surface area is 89.9 Å². The van der Waals surface area contributed by atoms with E-state index in [1.165, 1.54) is 0 Å². The van der Waals surface area contributed by atoms with Crippen molar-refractivity contribution in [1.29, 1.82) is 0 Å². The van der Waals surface area contributed by atoms with Gasteiger partial charge in [-0.25, -0.2) is 0 Å². The molecule has 0 aromatic carbocycles. The van der Waals surface area contributed by atoms with Crippen molar-refractivity contribution in [2.45, 2.75) is 53.6 Å². The van der Waals surface area contributed by atoms with Crippen LogP contribution in [0.1, 0.15) is 41.5 Å². The maximum Gasteiger partial charge on any atom is 0.0266 e. The number of hydrogen-bond acceptors (Lipinski definition) is 2. The first-order valence-corrected chi connectivity index (χ1v) is 5.63. The minimum Gasteiger partial charge on any atom is -0.329 e. The van der Waals surface area contributed by atoms with Gasteiger partial charge in [-0.1, -0.05) is 34.6 Å². The molecule has 0 amide bonds. The molecule has 0 fully saturated rings. The Hall–Kier alpha value is -0.0800. The van der Waals surface area contributed by atoms with Crippen LogP contribution in [0.5, 0.6) is 0 Å². The van der Waals surface area contributed by atoms with Crippen LogP contribution in [0.3, 0.4) is 0 Å². The van der Waals surface area contributed by atoms with Gasteiger partial charge in [0.25, 0.3) is 0 Å². The molecule has 0 radical (unpaired) electrons. The first-order chi connectivity index (χ1) is 6.21. The van der Waals surface area contributed by atoms with Crippen LogP contribution in [0.4, 0.5) is 0 Å². The van der Waals surface area contributed by atoms with Crippen molar-refractivity contribution in [2.75, 3.05) is 13.6 Å². The van der Waals surface area contributed by atoms with E-state index in [1.807, 2.05) is 0 Å². The molecule has 0 saturated heterocycles. The van der Waals surface area contributed by atoms with Crippen molar-refractivity contribution in [3.05, 3.63) is 0 Å². The van der Waals surface area contributed by atoms with Crippen LogP contribution in [0, 0.1) is 11.3 Å². The molecule has 0 aliphatic carbocycles. The normalized spacial score (nSPS) is 17.6. The van der Waals surface area contributed by atoms with E-state index in [9.17, 15) is 0 Å². The van der Waals surface area contributed by atoms with Crippen molar-refractivity contribution in [3.63, 3.8) is 0 Å². The van der Waals surface area contributed by atoms with Gasteiger partial charge in [0, 0.05) is 18.6 Å². The third kappa shape index (κ3) is 3.58. The molecule has 0 bridgehead atoms. The standard InChI is InChI=1S/C12H28N2/c1-9(2)10(3)14(7)11(8-13)12(4,5)6/h9-11H,8,13H2,1-7H3. The molecule has 0 spiro atoms. The summed E-state index contributed by atoms with van der Waals surface area (Å²) in [6, 6.07) is 1.04. The summed E-state index contributed by atoms with van der Waals surface area (Å²) in [5.74, 6) is 0.677. The van der Waals surface area contributed by atoms with E-state index in [2.05, 4.69) is 53.5 Å². The van der Waals surface area contributed by atoms with Crippen molar-refractivity contribution < 1.29 is 0 Å². The minimum atomic E-state index is 0.257. The summed E-state index contributed by atoms with van der Waals surface area (Å²) in [6.07, 6.45) is 0. The Morgan fingerprint density at radius 1 is 1.14 bits per heavy atom. The lowest BCUT2D eigenvalue weighted by atomic mass is 9.84. The summed E-state index contributed by atoms with van der Waals surface area (Å²) >= 11 is 0. The predicted molar refractivity (Wildman–Crippen MR) is 64.4 cm³/mol. The average Bonchev–Trinajstić information content (AvgIpc) is 2.01. The van der Waals surface area contributed by atoms with Gasteiger partial charge in [-0.3, -0.25) is 4.90 Å². The Morgan fingerprint density at radius 2 is 1.57 bits per heavy atom. The Morgan fingerprint density at radius 3 is 1.79 bits per heavy atom. The Balaban J connectivity index is 4.54. The molecular formula is C12H28N2. The van der Waals surface area contributed by atoms with Gasteiger partial charge in [-0.05, 0) is 25.3 Å². The van der Waals surface area contributed by atoms with Gasteiger partial charge < -0.3 is 5.73 Å². The molecular weight excluding hydrogens is 172 g/mol. The highest BCUT2D eigenvalue weighted by atomic mass is 15.2. The van der Waals surface area contributed by atoms with Crippen LogP contribution < -0.4 is 5.73 Å². The van der Waals surface area contributed by atoms with Gasteiger partial charge in [-0.2, -0.15) is 0 Å². The first-order valence-electron chi connectivity index (χ1n) is 5.63. The van der Waals surface area contributed by atoms with E-state index in [-0.39, 0.29) is 5.41 Å². The summed E-state index contributed by atoms with van der Waals surface area (Å²) in [6.45, 7) is 14.3. The minimum absolute atomic E-state index is 0.257. The monoisotopic (exact) mass is 200 g/mol. The molecule has 0 aromatic rings. The second-order valence-electron chi connectivity index (χ2n) is 5.77. The zero-order valence-electron chi connectivity index (χ0n) is 11.0. The van der Waals surface area contributed by atoms with Crippen LogP contribution in [0.2, 0.25) is 0 Å². The highest BCUT2D eigenvalue weighted by Gasteiger charge is 2.30. The lowest BCUT2D eigenvalue weighted by Crippen LogP contribution is -2.51. The molecule has 86 valence electrons. The van der Waals surface area contributed by atoms with Gasteiger partial charge >= 0.3 is 0 Å². The average molecular weight is 200 g/mol. The van der Waals surface area contributed by atoms with Crippen molar-refractivity contribution in [3.8, 4) is 0 Å². The van der Waals surface area contributed by atoms with Crippen LogP contribution in [-0.2, 0) is 0 Å². The molecule has 2 unspecified atom stereocenters. The molecule has 2 nitrogen and oxygen atoms in total. The lowest BCUT2D eigenvalue weighted by Gasteiger charge is -2.42. The summed E-state index contributed by atoms with van der Waals surface area (Å²) in [5.41, 5.74) is 6.11. The van der Waals surface area contributed by atoms with E-state index in [0.717, 1.165) is 6.54 Å². The summed E-state index contributed by atoms with van der Waals surface area (Å²) in [7, 11) is 2.19. The molecule has 2 heteroatoms. The molecule has 0 aromatic heterocycles. The fraction of sp³-hybridized carbons (Fsp3) is 1.00. The quantitative estimate of drug-likeness (QED) is 0.755. The smallest absolute Gasteiger partial charge is 0.0266 e. The maximum absolute atomic E-state index is 5.86. The molecule has 0 saturated carbocycles. The van der Waals surface area contributed by atoms with E-state index in [1.54, 1.807) is 0 Å². The van der Waals surface area contributed by atoms with Crippen LogP contribution in [0.15, 0.2) is 0 Å². The molecule has 0 heterocycles. The van der Waals surface area contributed by atoms with E-state index < -0.39 is 0 Å². The van der Waals surface area contributed by atoms with E-state index in [0.29, 0.717) is 18.0 Å². The van der Waals surface area contributed by atoms with Gasteiger partial charge in [-0.15, -0.1) is 0 Å². The number of nitrogens with two attached hydrogens (primary N) is 1. The van der Waals surface area contributed by atoms with Crippen LogP contribution in [-0.4, -0.2) is 30.6 Å². The van der Waals surface area contributed by atoms with E-state index in [4.69, 9.17) is 5.73 Å². The summed E-state index contributed by atoms with van der Waals surface area (Å²) in [4.78, 5) is 2.42. The lowest BCUT2D eigenvalue weighted by molar-refractivity contribution is 0.0770. The number of rotatable bonds is 4. The number of hydrogen-bond donors (Lipinski definition) is 1. The van der Waals surface area contributed by atoms with Crippen molar-refractivity contribution in [1.82, 2.24) is 4.90 Å². The Bertz CT molecular complexity index is 158. The molecule has 0 rings (SSSR count). The molecule has 0 aliphatic heterocycles. The highest BCUT2D eigenvalue weighted by Crippen LogP contribution is 2.25. The van der Waals surface area contributed by atoms with Gasteiger partial charge in [0.2, 0.25) is 0 Å². The van der Waals surface area contributed by atoms with Crippen molar-refractivity contribution >= 4 is 0 Å². The third-order valence-electron chi connectivity index (χ3n) is 3.32. The first kappa shape index (κ1) is 13.9. The summed E-state index contributed by atoms with van der Waals surface area (Å²) < 4.78 is 0. The second-order valence-corrected chi connectivity index (χ2v) is 5.77. The second kappa shape index (κ2) is 5.13. The fourth-order valence-corrected chi connectivity index (χ4v) is 1.88. The van der Waals surface area contributed by atoms with Crippen molar-refractivity contribution in [2.24, 2.45) is 17.1 Å². The molecule has 2 atom stereocenters. The maximum atomic E-state index is 5.86. The Kier molecular flexibility index (Phi) is 5.10.